The zero-order chi connectivity index (χ0) is 18.5. The molecule has 134 valence electrons. The topological polar surface area (TPSA) is 97.1 Å². The van der Waals surface area contributed by atoms with Crippen molar-refractivity contribution in [2.24, 2.45) is 0 Å². The number of amides is 3. The van der Waals surface area contributed by atoms with Gasteiger partial charge in [-0.25, -0.2) is 14.8 Å². The van der Waals surface area contributed by atoms with Crippen molar-refractivity contribution in [2.45, 2.75) is 24.1 Å². The fourth-order valence-corrected chi connectivity index (χ4v) is 3.23. The number of aromatic nitrogens is 2. The lowest BCUT2D eigenvalue weighted by molar-refractivity contribution is -0.119. The number of benzene rings is 1. The summed E-state index contributed by atoms with van der Waals surface area (Å²) >= 11 is 1.27. The molecule has 2 heterocycles. The Bertz CT molecular complexity index is 927. The second-order valence-corrected chi connectivity index (χ2v) is 6.79. The first-order valence-electron chi connectivity index (χ1n) is 8.14. The number of hydrogen-bond acceptors (Lipinski definition) is 6. The van der Waals surface area contributed by atoms with E-state index >= 15 is 0 Å². The Morgan fingerprint density at radius 3 is 2.73 bits per heavy atom. The maximum Gasteiger partial charge on any atom is 0.321 e. The monoisotopic (exact) mass is 370 g/mol. The second kappa shape index (κ2) is 8.01. The van der Waals surface area contributed by atoms with Gasteiger partial charge in [0.15, 0.2) is 11.6 Å². The molecule has 26 heavy (non-hydrogen) atoms. The number of furan rings is 1. The van der Waals surface area contributed by atoms with Crippen molar-refractivity contribution in [2.75, 3.05) is 6.54 Å². The van der Waals surface area contributed by atoms with Crippen molar-refractivity contribution in [1.82, 2.24) is 20.6 Å². The largest absolute Gasteiger partial charge is 0.461 e. The molecule has 3 amide bonds. The maximum atomic E-state index is 12.2. The highest BCUT2D eigenvalue weighted by Crippen LogP contribution is 2.31. The highest BCUT2D eigenvalue weighted by Gasteiger charge is 2.20. The highest BCUT2D eigenvalue weighted by molar-refractivity contribution is 8.00. The number of hydrogen-bond donors (Lipinski definition) is 2. The number of urea groups is 1. The van der Waals surface area contributed by atoms with Gasteiger partial charge in [0, 0.05) is 11.9 Å². The van der Waals surface area contributed by atoms with Gasteiger partial charge in [0.05, 0.1) is 17.0 Å². The van der Waals surface area contributed by atoms with E-state index in [1.807, 2.05) is 24.3 Å². The van der Waals surface area contributed by atoms with Gasteiger partial charge in [-0.05, 0) is 32.0 Å². The number of para-hydroxylation sites is 1. The Balaban J connectivity index is 1.89. The average molecular weight is 370 g/mol. The van der Waals surface area contributed by atoms with E-state index in [0.717, 1.165) is 10.9 Å². The van der Waals surface area contributed by atoms with Crippen molar-refractivity contribution < 1.29 is 14.0 Å². The number of rotatable bonds is 5. The molecule has 0 bridgehead atoms. The Morgan fingerprint density at radius 1 is 1.19 bits per heavy atom. The SMILES string of the molecule is CCNC(=O)NC(=O)C(C)Sc1nc(-c2ccco2)nc2ccccc12. The lowest BCUT2D eigenvalue weighted by atomic mass is 10.2. The van der Waals surface area contributed by atoms with Gasteiger partial charge >= 0.3 is 6.03 Å². The van der Waals surface area contributed by atoms with Crippen LogP contribution in [0.5, 0.6) is 0 Å². The van der Waals surface area contributed by atoms with Gasteiger partial charge in [-0.3, -0.25) is 10.1 Å². The molecule has 7 nitrogen and oxygen atoms in total. The summed E-state index contributed by atoms with van der Waals surface area (Å²) in [4.78, 5) is 32.8. The van der Waals surface area contributed by atoms with Gasteiger partial charge in [-0.1, -0.05) is 30.0 Å². The summed E-state index contributed by atoms with van der Waals surface area (Å²) in [5, 5.41) is 5.83. The number of fused-ring (bicyclic) bond motifs is 1. The molecule has 0 fully saturated rings. The first-order chi connectivity index (χ1) is 12.6. The van der Waals surface area contributed by atoms with E-state index in [9.17, 15) is 9.59 Å². The van der Waals surface area contributed by atoms with E-state index in [0.29, 0.717) is 23.2 Å². The predicted molar refractivity (Wildman–Crippen MR) is 99.8 cm³/mol. The zero-order valence-corrected chi connectivity index (χ0v) is 15.2. The lowest BCUT2D eigenvalue weighted by Crippen LogP contribution is -2.42. The fourth-order valence-electron chi connectivity index (χ4n) is 2.29. The van der Waals surface area contributed by atoms with Gasteiger partial charge in [-0.15, -0.1) is 0 Å². The zero-order valence-electron chi connectivity index (χ0n) is 14.4. The number of carbonyl (C=O) groups is 2. The van der Waals surface area contributed by atoms with E-state index in [1.54, 1.807) is 32.2 Å². The molecule has 0 aliphatic carbocycles. The maximum absolute atomic E-state index is 12.2. The Labute approximate surface area is 154 Å². The third kappa shape index (κ3) is 4.02. The summed E-state index contributed by atoms with van der Waals surface area (Å²) in [6.45, 7) is 3.96. The van der Waals surface area contributed by atoms with Crippen molar-refractivity contribution in [1.29, 1.82) is 0 Å². The molecular formula is C18H18N4O3S. The van der Waals surface area contributed by atoms with Crippen molar-refractivity contribution in [3.8, 4) is 11.6 Å². The van der Waals surface area contributed by atoms with Crippen LogP contribution in [0.15, 0.2) is 52.1 Å². The Hall–Kier alpha value is -2.87. The third-order valence-electron chi connectivity index (χ3n) is 3.54. The second-order valence-electron chi connectivity index (χ2n) is 5.46. The summed E-state index contributed by atoms with van der Waals surface area (Å²) in [5.41, 5.74) is 0.757. The number of carbonyl (C=O) groups excluding carboxylic acids is 2. The molecule has 1 atom stereocenters. The van der Waals surface area contributed by atoms with E-state index in [-0.39, 0.29) is 5.91 Å². The van der Waals surface area contributed by atoms with Crippen LogP contribution < -0.4 is 10.6 Å². The molecule has 0 aliphatic rings. The lowest BCUT2D eigenvalue weighted by Gasteiger charge is -2.13. The molecular weight excluding hydrogens is 352 g/mol. The van der Waals surface area contributed by atoms with E-state index in [2.05, 4.69) is 20.6 Å². The molecule has 8 heteroatoms. The highest BCUT2D eigenvalue weighted by atomic mass is 32.2. The van der Waals surface area contributed by atoms with Crippen LogP contribution >= 0.6 is 11.8 Å². The summed E-state index contributed by atoms with van der Waals surface area (Å²) in [5.74, 6) is 0.618. The minimum Gasteiger partial charge on any atom is -0.461 e. The summed E-state index contributed by atoms with van der Waals surface area (Å²) in [6, 6.07) is 10.6. The number of nitrogens with zero attached hydrogens (tertiary/aromatic N) is 2. The predicted octanol–water partition coefficient (Wildman–Crippen LogP) is 3.22. The van der Waals surface area contributed by atoms with E-state index in [1.165, 1.54) is 11.8 Å². The molecule has 0 aliphatic heterocycles. The first-order valence-corrected chi connectivity index (χ1v) is 9.02. The summed E-state index contributed by atoms with van der Waals surface area (Å²) < 4.78 is 5.39. The molecule has 3 rings (SSSR count). The minimum absolute atomic E-state index is 0.386. The van der Waals surface area contributed by atoms with Crippen LogP contribution in [0.25, 0.3) is 22.5 Å². The molecule has 1 aromatic carbocycles. The molecule has 3 aromatic rings. The Kier molecular flexibility index (Phi) is 5.52. The molecule has 2 N–H and O–H groups in total. The van der Waals surface area contributed by atoms with Crippen LogP contribution in [0.2, 0.25) is 0 Å². The van der Waals surface area contributed by atoms with E-state index < -0.39 is 11.3 Å². The first kappa shape index (κ1) is 17.9. The average Bonchev–Trinajstić information content (AvgIpc) is 3.16. The number of nitrogens with one attached hydrogen (secondary N) is 2. The molecule has 0 radical (unpaired) electrons. The molecule has 0 saturated heterocycles. The quantitative estimate of drug-likeness (QED) is 0.529. The third-order valence-corrected chi connectivity index (χ3v) is 4.64. The van der Waals surface area contributed by atoms with Crippen molar-refractivity contribution in [3.05, 3.63) is 42.7 Å². The fraction of sp³-hybridized carbons (Fsp3) is 0.222. The minimum atomic E-state index is -0.514. The number of thioether (sulfide) groups is 1. The van der Waals surface area contributed by atoms with Gasteiger partial charge in [0.1, 0.15) is 5.03 Å². The van der Waals surface area contributed by atoms with E-state index in [4.69, 9.17) is 4.42 Å². The number of imide groups is 1. The molecule has 0 saturated carbocycles. The van der Waals surface area contributed by atoms with Gasteiger partial charge < -0.3 is 9.73 Å². The molecule has 0 spiro atoms. The van der Waals surface area contributed by atoms with Crippen molar-refractivity contribution >= 4 is 34.6 Å². The standard InChI is InChI=1S/C18H18N4O3S/c1-3-19-18(24)22-16(23)11(2)26-17-12-7-4-5-8-13(12)20-15(21-17)14-9-6-10-25-14/h4-11H,3H2,1-2H3,(H2,19,22,23,24). The van der Waals surface area contributed by atoms with Crippen molar-refractivity contribution in [3.63, 3.8) is 0 Å². The molecule has 2 aromatic heterocycles. The van der Waals surface area contributed by atoms with Crippen LogP contribution in [0.4, 0.5) is 4.79 Å². The van der Waals surface area contributed by atoms with Gasteiger partial charge in [0.2, 0.25) is 5.91 Å². The van der Waals surface area contributed by atoms with Crippen LogP contribution in [-0.4, -0.2) is 33.7 Å². The van der Waals surface area contributed by atoms with Gasteiger partial charge in [-0.2, -0.15) is 0 Å². The van der Waals surface area contributed by atoms with Crippen LogP contribution in [0.1, 0.15) is 13.8 Å². The Morgan fingerprint density at radius 2 is 2.00 bits per heavy atom. The van der Waals surface area contributed by atoms with Gasteiger partial charge in [0.25, 0.3) is 0 Å². The summed E-state index contributed by atoms with van der Waals surface area (Å²) in [6.07, 6.45) is 1.56. The summed E-state index contributed by atoms with van der Waals surface area (Å²) in [7, 11) is 0. The van der Waals surface area contributed by atoms with Crippen LogP contribution in [0, 0.1) is 0 Å². The van der Waals surface area contributed by atoms with Crippen LogP contribution in [0.3, 0.4) is 0 Å². The van der Waals surface area contributed by atoms with Crippen LogP contribution in [-0.2, 0) is 4.79 Å². The normalized spacial score (nSPS) is 11.9. The smallest absolute Gasteiger partial charge is 0.321 e. The molecule has 1 unspecified atom stereocenters.